The van der Waals surface area contributed by atoms with Gasteiger partial charge in [0.05, 0.1) is 0 Å². The van der Waals surface area contributed by atoms with E-state index in [0.717, 1.165) is 43.3 Å². The first-order chi connectivity index (χ1) is 26.4. The lowest BCUT2D eigenvalue weighted by Crippen LogP contribution is -2.52. The Morgan fingerprint density at radius 3 is 2.31 bits per heavy atom. The Morgan fingerprint density at radius 1 is 1.07 bits per heavy atom. The minimum absolute atomic E-state index is 0.00406. The zero-order valence-corrected chi connectivity index (χ0v) is 35.8. The third-order valence-corrected chi connectivity index (χ3v) is 10.7. The van der Waals surface area contributed by atoms with E-state index in [4.69, 9.17) is 5.11 Å². The van der Waals surface area contributed by atoms with Crippen LogP contribution in [0, 0.1) is 17.3 Å². The number of anilines is 1. The molecule has 300 valence electrons. The van der Waals surface area contributed by atoms with Gasteiger partial charge in [0.25, 0.3) is 0 Å². The van der Waals surface area contributed by atoms with Gasteiger partial charge < -0.3 is 15.3 Å². The molecule has 2 N–H and O–H groups in total. The van der Waals surface area contributed by atoms with Crippen molar-refractivity contribution in [3.8, 4) is 0 Å². The minimum Gasteiger partial charge on any atom is -0.396 e. The molecule has 0 spiro atoms. The van der Waals surface area contributed by atoms with Crippen LogP contribution in [-0.4, -0.2) is 46.5 Å². The van der Waals surface area contributed by atoms with Crippen molar-refractivity contribution in [1.82, 2.24) is 9.88 Å². The van der Waals surface area contributed by atoms with E-state index in [1.165, 1.54) is 22.5 Å². The predicted molar refractivity (Wildman–Crippen MR) is 238 cm³/mol. The number of allylic oxidation sites excluding steroid dienone is 10. The fourth-order valence-electron chi connectivity index (χ4n) is 7.12. The Labute approximate surface area is 337 Å². The van der Waals surface area contributed by atoms with E-state index in [1.54, 1.807) is 24.1 Å². The molecule has 55 heavy (non-hydrogen) atoms. The summed E-state index contributed by atoms with van der Waals surface area (Å²) in [7, 11) is 0. The number of carbonyl (C=O) groups excluding carboxylic acids is 2. The van der Waals surface area contributed by atoms with Gasteiger partial charge in [-0.1, -0.05) is 151 Å². The smallest absolute Gasteiger partial charge is 0.248 e. The molecular weight excluding hydrogens is 699 g/mol. The zero-order valence-electron chi connectivity index (χ0n) is 35.0. The maximum Gasteiger partial charge on any atom is 0.248 e. The summed E-state index contributed by atoms with van der Waals surface area (Å²) in [6, 6.07) is 8.76. The van der Waals surface area contributed by atoms with E-state index in [9.17, 15) is 9.59 Å². The molecule has 0 saturated heterocycles. The summed E-state index contributed by atoms with van der Waals surface area (Å²) in [4.78, 5) is 31.0. The van der Waals surface area contributed by atoms with E-state index < -0.39 is 0 Å². The number of thiazole rings is 1. The summed E-state index contributed by atoms with van der Waals surface area (Å²) in [6.07, 6.45) is 24.2. The van der Waals surface area contributed by atoms with Crippen molar-refractivity contribution in [3.63, 3.8) is 0 Å². The molecule has 2 amide bonds. The van der Waals surface area contributed by atoms with Crippen LogP contribution in [0.1, 0.15) is 110 Å². The van der Waals surface area contributed by atoms with Crippen molar-refractivity contribution in [1.29, 1.82) is 0 Å². The van der Waals surface area contributed by atoms with Crippen LogP contribution in [0.2, 0.25) is 0 Å². The first-order valence-electron chi connectivity index (χ1n) is 19.8. The molecule has 1 fully saturated rings. The van der Waals surface area contributed by atoms with Gasteiger partial charge in [0, 0.05) is 42.8 Å². The Balaban J connectivity index is 0.000000498. The third-order valence-electron chi connectivity index (χ3n) is 10.00. The second kappa shape index (κ2) is 26.5. The second-order valence-electron chi connectivity index (χ2n) is 14.1. The SMILES string of the molecule is C=C(C)C(=O)N(CC/C=C\C=C/C)CCCCO.C=C(C)C=C/C=C\C(C)C1c2ccccc2C2CC(C(=O)Nc3nccs3)C21C.C=CC(=C)CC.CC. The number of amides is 2. The summed E-state index contributed by atoms with van der Waals surface area (Å²) >= 11 is 1.47. The van der Waals surface area contributed by atoms with Crippen LogP contribution in [0.5, 0.6) is 0 Å². The Hall–Kier alpha value is -4.33. The van der Waals surface area contributed by atoms with Crippen molar-refractivity contribution in [2.45, 2.75) is 99.3 Å². The lowest BCUT2D eigenvalue weighted by atomic mass is 9.49. The molecule has 2 aromatic rings. The fourth-order valence-corrected chi connectivity index (χ4v) is 7.65. The van der Waals surface area contributed by atoms with Gasteiger partial charge in [0.1, 0.15) is 0 Å². The average molecular weight is 768 g/mol. The highest BCUT2D eigenvalue weighted by molar-refractivity contribution is 7.13. The number of rotatable bonds is 17. The maximum atomic E-state index is 13.1. The number of fused-ring (bicyclic) bond motifs is 3. The topological polar surface area (TPSA) is 82.5 Å². The molecule has 5 unspecified atom stereocenters. The van der Waals surface area contributed by atoms with Crippen LogP contribution in [0.25, 0.3) is 0 Å². The van der Waals surface area contributed by atoms with Crippen molar-refractivity contribution in [2.75, 3.05) is 25.0 Å². The number of hydrogen-bond donors (Lipinski definition) is 2. The van der Waals surface area contributed by atoms with Gasteiger partial charge in [0.2, 0.25) is 11.8 Å². The standard InChI is InChI=1S/C25H28N2OS.C15H25NO2.C6H10.C2H6/c1-16(2)9-5-6-10-17(3)22-19-12-8-7-11-18(19)20-15-21(25(20,22)4)23(28)27-24-26-13-14-29-24;1-4-5-6-7-8-11-16(12-9-10-13-17)15(18)14(2)3;1-4-6(3)5-2;1-2/h5-14,17,20-22H,1,15H2,2-4H3,(H,26,27,28);4-7,17H,2,8-13H2,1,3H3;4H,1,3,5H2,2H3;1-2H3/b9-5?,10-6-;5-4-,7-6-;;. The first-order valence-corrected chi connectivity index (χ1v) is 20.7. The summed E-state index contributed by atoms with van der Waals surface area (Å²) in [5.41, 5.74) is 5.47. The molecule has 5 atom stereocenters. The van der Waals surface area contributed by atoms with Gasteiger partial charge in [-0.3, -0.25) is 9.59 Å². The number of carbonyl (C=O) groups is 2. The highest BCUT2D eigenvalue weighted by Crippen LogP contribution is 2.71. The van der Waals surface area contributed by atoms with E-state index in [1.807, 2.05) is 69.5 Å². The molecular formula is C48H69N3O3S. The Kier molecular flexibility index (Phi) is 23.4. The van der Waals surface area contributed by atoms with Crippen molar-refractivity contribution >= 4 is 28.3 Å². The van der Waals surface area contributed by atoms with E-state index in [2.05, 4.69) is 93.8 Å². The van der Waals surface area contributed by atoms with E-state index >= 15 is 0 Å². The third kappa shape index (κ3) is 15.0. The predicted octanol–water partition coefficient (Wildman–Crippen LogP) is 12.2. The van der Waals surface area contributed by atoms with Crippen LogP contribution < -0.4 is 5.32 Å². The Morgan fingerprint density at radius 2 is 1.76 bits per heavy atom. The van der Waals surface area contributed by atoms with Crippen LogP contribution in [-0.2, 0) is 9.59 Å². The summed E-state index contributed by atoms with van der Waals surface area (Å²) < 4.78 is 0. The van der Waals surface area contributed by atoms with Crippen LogP contribution in [0.4, 0.5) is 5.13 Å². The molecule has 1 saturated carbocycles. The number of nitrogens with zero attached hydrogens (tertiary/aromatic N) is 2. The zero-order chi connectivity index (χ0) is 41.4. The quantitative estimate of drug-likeness (QED) is 0.0954. The number of aliphatic hydroxyl groups excluding tert-OH is 1. The van der Waals surface area contributed by atoms with Gasteiger partial charge >= 0.3 is 0 Å². The van der Waals surface area contributed by atoms with Gasteiger partial charge in [-0.2, -0.15) is 0 Å². The first kappa shape index (κ1) is 48.7. The molecule has 1 aromatic carbocycles. The molecule has 1 aromatic heterocycles. The molecule has 0 radical (unpaired) electrons. The minimum atomic E-state index is -0.0765. The maximum absolute atomic E-state index is 13.1. The highest BCUT2D eigenvalue weighted by Gasteiger charge is 2.64. The number of unbranched alkanes of at least 4 members (excludes halogenated alkanes) is 1. The molecule has 0 bridgehead atoms. The Bertz CT molecular complexity index is 1630. The van der Waals surface area contributed by atoms with Crippen molar-refractivity contribution in [3.05, 3.63) is 145 Å². The van der Waals surface area contributed by atoms with Gasteiger partial charge in [-0.25, -0.2) is 4.98 Å². The monoisotopic (exact) mass is 768 g/mol. The van der Waals surface area contributed by atoms with Gasteiger partial charge in [-0.15, -0.1) is 11.3 Å². The summed E-state index contributed by atoms with van der Waals surface area (Å²) in [5, 5.41) is 14.4. The molecule has 4 rings (SSSR count). The largest absolute Gasteiger partial charge is 0.396 e. The van der Waals surface area contributed by atoms with Crippen LogP contribution >= 0.6 is 11.3 Å². The molecule has 6 nitrogen and oxygen atoms in total. The highest BCUT2D eigenvalue weighted by atomic mass is 32.1. The van der Waals surface area contributed by atoms with Crippen molar-refractivity contribution in [2.24, 2.45) is 17.3 Å². The van der Waals surface area contributed by atoms with Gasteiger partial charge in [-0.05, 0) is 87.2 Å². The molecule has 2 aliphatic rings. The fraction of sp³-hybridized carbons (Fsp3) is 0.438. The number of aliphatic hydroxyl groups is 1. The average Bonchev–Trinajstić information content (AvgIpc) is 3.75. The van der Waals surface area contributed by atoms with Crippen LogP contribution in [0.15, 0.2) is 134 Å². The number of benzene rings is 1. The normalized spacial score (nSPS) is 19.8. The summed E-state index contributed by atoms with van der Waals surface area (Å²) in [5.74, 6) is 1.20. The lowest BCUT2D eigenvalue weighted by Gasteiger charge is -2.53. The van der Waals surface area contributed by atoms with E-state index in [-0.39, 0.29) is 29.8 Å². The van der Waals surface area contributed by atoms with Crippen LogP contribution in [0.3, 0.4) is 0 Å². The molecule has 0 aliphatic heterocycles. The van der Waals surface area contributed by atoms with Crippen molar-refractivity contribution < 1.29 is 14.7 Å². The molecule has 7 heteroatoms. The molecule has 1 heterocycles. The van der Waals surface area contributed by atoms with Gasteiger partial charge in [0.15, 0.2) is 5.13 Å². The number of hydrogen-bond acceptors (Lipinski definition) is 5. The van der Waals surface area contributed by atoms with E-state index in [0.29, 0.717) is 41.5 Å². The summed E-state index contributed by atoms with van der Waals surface area (Å²) in [6.45, 7) is 32.7. The number of nitrogens with one attached hydrogen (secondary N) is 1. The second-order valence-corrected chi connectivity index (χ2v) is 14.9. The number of aromatic nitrogens is 1. The lowest BCUT2D eigenvalue weighted by molar-refractivity contribution is -0.133. The molecule has 2 aliphatic carbocycles.